The zero-order valence-electron chi connectivity index (χ0n) is 17.6. The Morgan fingerprint density at radius 1 is 1.23 bits per heavy atom. The zero-order valence-corrected chi connectivity index (χ0v) is 17.6. The molecule has 1 fully saturated rings. The Bertz CT molecular complexity index is 1280. The van der Waals surface area contributed by atoms with Crippen molar-refractivity contribution in [1.29, 1.82) is 5.41 Å². The minimum absolute atomic E-state index is 0.0275. The average molecular weight is 423 g/mol. The molecule has 31 heavy (non-hydrogen) atoms. The lowest BCUT2D eigenvalue weighted by atomic mass is 9.96. The Morgan fingerprint density at radius 2 is 1.97 bits per heavy atom. The molecular formula is C22H25N5O4. The van der Waals surface area contributed by atoms with Crippen molar-refractivity contribution < 1.29 is 14.3 Å². The van der Waals surface area contributed by atoms with Gasteiger partial charge < -0.3 is 14.2 Å². The van der Waals surface area contributed by atoms with E-state index in [0.717, 1.165) is 0 Å². The summed E-state index contributed by atoms with van der Waals surface area (Å²) in [5.41, 5.74) is 0.791. The minimum atomic E-state index is -0.311. The standard InChI is InChI=1S/C22H25N5O4/c1-3-26-18(23)15(20(28)25-11-8-14(9-12-25)22(30)31-4-2)13-16-19(26)24-17-7-5-6-10-27(17)21(16)29/h5-7,10,13-14,23H,3-4,8-9,11-12H2,1-2H3. The van der Waals surface area contributed by atoms with Gasteiger partial charge in [-0.1, -0.05) is 6.07 Å². The predicted molar refractivity (Wildman–Crippen MR) is 114 cm³/mol. The molecular weight excluding hydrogens is 398 g/mol. The predicted octanol–water partition coefficient (Wildman–Crippen LogP) is 1.56. The van der Waals surface area contributed by atoms with Crippen molar-refractivity contribution >= 4 is 28.6 Å². The second-order valence-electron chi connectivity index (χ2n) is 7.55. The number of nitrogens with zero attached hydrogens (tertiary/aromatic N) is 4. The number of likely N-dealkylation sites (tertiary alicyclic amines) is 1. The van der Waals surface area contributed by atoms with Crippen molar-refractivity contribution in [2.24, 2.45) is 5.92 Å². The van der Waals surface area contributed by atoms with Crippen molar-refractivity contribution in [3.63, 3.8) is 0 Å². The number of fused-ring (bicyclic) bond motifs is 2. The molecule has 1 saturated heterocycles. The van der Waals surface area contributed by atoms with Crippen LogP contribution < -0.4 is 11.0 Å². The van der Waals surface area contributed by atoms with Crippen molar-refractivity contribution in [3.8, 4) is 0 Å². The van der Waals surface area contributed by atoms with Crippen LogP contribution in [0.5, 0.6) is 0 Å². The largest absolute Gasteiger partial charge is 0.466 e. The van der Waals surface area contributed by atoms with E-state index >= 15 is 0 Å². The van der Waals surface area contributed by atoms with Gasteiger partial charge in [-0.05, 0) is 44.9 Å². The number of piperidine rings is 1. The van der Waals surface area contributed by atoms with Crippen LogP contribution >= 0.6 is 0 Å². The number of pyridine rings is 2. The fraction of sp³-hybridized carbons (Fsp3) is 0.409. The summed E-state index contributed by atoms with van der Waals surface area (Å²) in [5.74, 6) is -0.748. The van der Waals surface area contributed by atoms with Gasteiger partial charge in [-0.15, -0.1) is 0 Å². The van der Waals surface area contributed by atoms with Gasteiger partial charge in [-0.3, -0.25) is 24.2 Å². The molecule has 0 saturated carbocycles. The van der Waals surface area contributed by atoms with Crippen LogP contribution in [0.2, 0.25) is 0 Å². The van der Waals surface area contributed by atoms with Gasteiger partial charge in [0.2, 0.25) is 0 Å². The topological polar surface area (TPSA) is 110 Å². The maximum absolute atomic E-state index is 13.3. The Hall–Kier alpha value is -3.49. The first kappa shape index (κ1) is 20.8. The number of esters is 1. The monoisotopic (exact) mass is 423 g/mol. The van der Waals surface area contributed by atoms with Crippen molar-refractivity contribution in [2.45, 2.75) is 33.2 Å². The van der Waals surface area contributed by atoms with E-state index in [9.17, 15) is 14.4 Å². The summed E-state index contributed by atoms with van der Waals surface area (Å²) in [6.45, 7) is 5.17. The molecule has 0 aliphatic carbocycles. The van der Waals surface area contributed by atoms with Gasteiger partial charge >= 0.3 is 5.97 Å². The quantitative estimate of drug-likeness (QED) is 0.506. The molecule has 1 N–H and O–H groups in total. The highest BCUT2D eigenvalue weighted by atomic mass is 16.5. The normalized spacial score (nSPS) is 14.8. The third kappa shape index (κ3) is 3.60. The molecule has 162 valence electrons. The van der Waals surface area contributed by atoms with E-state index in [2.05, 4.69) is 4.98 Å². The SMILES string of the molecule is CCOC(=O)C1CCN(C(=O)c2cc3c(=O)n4ccccc4nc3n(CC)c2=N)CC1. The van der Waals surface area contributed by atoms with Crippen LogP contribution in [0.1, 0.15) is 37.0 Å². The van der Waals surface area contributed by atoms with E-state index in [1.54, 1.807) is 40.8 Å². The fourth-order valence-electron chi connectivity index (χ4n) is 4.11. The van der Waals surface area contributed by atoms with Crippen LogP contribution in [-0.2, 0) is 16.1 Å². The van der Waals surface area contributed by atoms with Crippen LogP contribution in [0.25, 0.3) is 16.7 Å². The molecule has 4 heterocycles. The van der Waals surface area contributed by atoms with Crippen LogP contribution in [0.4, 0.5) is 0 Å². The number of hydrogen-bond donors (Lipinski definition) is 1. The molecule has 3 aromatic heterocycles. The molecule has 4 rings (SSSR count). The van der Waals surface area contributed by atoms with Gasteiger partial charge in [-0.2, -0.15) is 0 Å². The highest BCUT2D eigenvalue weighted by Crippen LogP contribution is 2.20. The Morgan fingerprint density at radius 3 is 2.65 bits per heavy atom. The van der Waals surface area contributed by atoms with E-state index in [0.29, 0.717) is 55.8 Å². The third-order valence-electron chi connectivity index (χ3n) is 5.77. The number of ether oxygens (including phenoxy) is 1. The molecule has 9 nitrogen and oxygen atoms in total. The summed E-state index contributed by atoms with van der Waals surface area (Å²) >= 11 is 0. The molecule has 1 amide bonds. The second kappa shape index (κ2) is 8.33. The smallest absolute Gasteiger partial charge is 0.309 e. The van der Waals surface area contributed by atoms with Crippen LogP contribution in [-0.4, -0.2) is 50.4 Å². The number of aromatic nitrogens is 3. The number of amides is 1. The fourth-order valence-corrected chi connectivity index (χ4v) is 4.11. The molecule has 0 spiro atoms. The van der Waals surface area contributed by atoms with Crippen molar-refractivity contribution in [2.75, 3.05) is 19.7 Å². The maximum Gasteiger partial charge on any atom is 0.309 e. The van der Waals surface area contributed by atoms with E-state index in [1.165, 1.54) is 10.5 Å². The van der Waals surface area contributed by atoms with Crippen molar-refractivity contribution in [1.82, 2.24) is 18.9 Å². The van der Waals surface area contributed by atoms with Gasteiger partial charge in [0.25, 0.3) is 11.5 Å². The summed E-state index contributed by atoms with van der Waals surface area (Å²) in [6, 6.07) is 6.76. The molecule has 1 aliphatic rings. The number of carbonyl (C=O) groups is 2. The van der Waals surface area contributed by atoms with E-state index in [-0.39, 0.29) is 34.4 Å². The van der Waals surface area contributed by atoms with E-state index in [1.807, 2.05) is 6.92 Å². The van der Waals surface area contributed by atoms with Crippen LogP contribution in [0, 0.1) is 11.3 Å². The average Bonchev–Trinajstić information content (AvgIpc) is 2.79. The summed E-state index contributed by atoms with van der Waals surface area (Å²) < 4.78 is 8.11. The summed E-state index contributed by atoms with van der Waals surface area (Å²) in [6.07, 6.45) is 2.68. The molecule has 0 bridgehead atoms. The van der Waals surface area contributed by atoms with Gasteiger partial charge in [0.1, 0.15) is 16.8 Å². The molecule has 3 aromatic rings. The number of aryl methyl sites for hydroxylation is 1. The summed E-state index contributed by atoms with van der Waals surface area (Å²) in [5, 5.41) is 8.91. The lowest BCUT2D eigenvalue weighted by Crippen LogP contribution is -2.43. The first-order valence-corrected chi connectivity index (χ1v) is 10.5. The molecule has 0 radical (unpaired) electrons. The Kier molecular flexibility index (Phi) is 5.58. The molecule has 0 atom stereocenters. The molecule has 0 aromatic carbocycles. The zero-order chi connectivity index (χ0) is 22.1. The third-order valence-corrected chi connectivity index (χ3v) is 5.77. The van der Waals surface area contributed by atoms with Gasteiger partial charge in [0, 0.05) is 25.8 Å². The molecule has 9 heteroatoms. The Labute approximate surface area is 178 Å². The lowest BCUT2D eigenvalue weighted by molar-refractivity contribution is -0.149. The van der Waals surface area contributed by atoms with Gasteiger partial charge in [-0.25, -0.2) is 4.98 Å². The highest BCUT2D eigenvalue weighted by Gasteiger charge is 2.30. The number of hydrogen-bond acceptors (Lipinski definition) is 6. The lowest BCUT2D eigenvalue weighted by Gasteiger charge is -2.31. The summed E-state index contributed by atoms with van der Waals surface area (Å²) in [7, 11) is 0. The van der Waals surface area contributed by atoms with E-state index in [4.69, 9.17) is 10.1 Å². The Balaban J connectivity index is 1.73. The molecule has 1 aliphatic heterocycles. The second-order valence-corrected chi connectivity index (χ2v) is 7.55. The highest BCUT2D eigenvalue weighted by molar-refractivity contribution is 5.97. The maximum atomic E-state index is 13.3. The minimum Gasteiger partial charge on any atom is -0.466 e. The summed E-state index contributed by atoms with van der Waals surface area (Å²) in [4.78, 5) is 44.5. The van der Waals surface area contributed by atoms with Crippen LogP contribution in [0.3, 0.4) is 0 Å². The number of nitrogens with one attached hydrogen (secondary N) is 1. The number of carbonyl (C=O) groups excluding carboxylic acids is 2. The van der Waals surface area contributed by atoms with Gasteiger partial charge in [0.15, 0.2) is 0 Å². The van der Waals surface area contributed by atoms with Crippen molar-refractivity contribution in [3.05, 3.63) is 51.9 Å². The molecule has 0 unspecified atom stereocenters. The number of rotatable bonds is 4. The van der Waals surface area contributed by atoms with E-state index < -0.39 is 0 Å². The first-order valence-electron chi connectivity index (χ1n) is 10.5. The first-order chi connectivity index (χ1) is 15.0. The van der Waals surface area contributed by atoms with Gasteiger partial charge in [0.05, 0.1) is 23.5 Å². The van der Waals surface area contributed by atoms with Crippen LogP contribution in [0.15, 0.2) is 35.3 Å².